The minimum Gasteiger partial charge on any atom is -0.494 e. The van der Waals surface area contributed by atoms with Gasteiger partial charge < -0.3 is 10.1 Å². The van der Waals surface area contributed by atoms with Gasteiger partial charge in [-0.25, -0.2) is 0 Å². The number of hydrogen-bond donors (Lipinski definition) is 2. The zero-order valence-electron chi connectivity index (χ0n) is 9.74. The first kappa shape index (κ1) is 12.3. The van der Waals surface area contributed by atoms with Crippen molar-refractivity contribution in [2.45, 2.75) is 25.7 Å². The van der Waals surface area contributed by atoms with Gasteiger partial charge >= 0.3 is 0 Å². The Morgan fingerprint density at radius 3 is 3.00 bits per heavy atom. The number of aryl methyl sites for hydroxylation is 1. The summed E-state index contributed by atoms with van der Waals surface area (Å²) in [6.07, 6.45) is 3.46. The van der Waals surface area contributed by atoms with Crippen molar-refractivity contribution in [2.24, 2.45) is 0 Å². The number of carbonyl (C=O) groups excluding carboxylic acids is 1. The maximum absolute atomic E-state index is 11.2. The molecule has 4 heteroatoms. The monoisotopic (exact) mass is 251 g/mol. The molecule has 1 aromatic rings. The molecular formula is C13H17NO2S. The van der Waals surface area contributed by atoms with Crippen LogP contribution in [-0.4, -0.2) is 18.3 Å². The molecule has 0 saturated carbocycles. The number of hydrogen-bond acceptors (Lipinski definition) is 3. The van der Waals surface area contributed by atoms with Gasteiger partial charge in [-0.1, -0.05) is 0 Å². The Balaban J connectivity index is 1.94. The summed E-state index contributed by atoms with van der Waals surface area (Å²) in [7, 11) is 0. The van der Waals surface area contributed by atoms with Crippen LogP contribution in [0.25, 0.3) is 0 Å². The molecule has 2 rings (SSSR count). The lowest BCUT2D eigenvalue weighted by Gasteiger charge is -2.17. The number of benzene rings is 1. The van der Waals surface area contributed by atoms with Crippen molar-refractivity contribution >= 4 is 24.2 Å². The predicted octanol–water partition coefficient (Wildman–Crippen LogP) is 2.66. The standard InChI is InChI=1S/C13H17NO2S/c15-13-6-3-10-9-11(4-5-12(10)14-13)16-7-1-2-8-17/h4-5,9,17H,1-3,6-8H2,(H,14,15). The van der Waals surface area contributed by atoms with E-state index in [4.69, 9.17) is 4.74 Å². The Morgan fingerprint density at radius 1 is 1.29 bits per heavy atom. The third-order valence-electron chi connectivity index (χ3n) is 2.79. The largest absolute Gasteiger partial charge is 0.494 e. The van der Waals surface area contributed by atoms with E-state index in [9.17, 15) is 4.79 Å². The molecule has 1 aliphatic heterocycles. The first-order valence-corrected chi connectivity index (χ1v) is 6.59. The van der Waals surface area contributed by atoms with Gasteiger partial charge in [0.05, 0.1) is 6.61 Å². The molecule has 0 fully saturated rings. The molecule has 0 aliphatic carbocycles. The van der Waals surface area contributed by atoms with Crippen LogP contribution >= 0.6 is 12.6 Å². The van der Waals surface area contributed by atoms with Gasteiger partial charge in [0.1, 0.15) is 5.75 Å². The molecule has 3 nitrogen and oxygen atoms in total. The average Bonchev–Trinajstić information content (AvgIpc) is 2.35. The summed E-state index contributed by atoms with van der Waals surface area (Å²) in [5.74, 6) is 1.89. The van der Waals surface area contributed by atoms with E-state index >= 15 is 0 Å². The molecule has 92 valence electrons. The highest BCUT2D eigenvalue weighted by atomic mass is 32.1. The molecule has 0 radical (unpaired) electrons. The van der Waals surface area contributed by atoms with Gasteiger partial charge in [0.25, 0.3) is 0 Å². The predicted molar refractivity (Wildman–Crippen MR) is 72.0 cm³/mol. The minimum absolute atomic E-state index is 0.0972. The fraction of sp³-hybridized carbons (Fsp3) is 0.462. The third kappa shape index (κ3) is 3.40. The van der Waals surface area contributed by atoms with Crippen molar-refractivity contribution in [3.8, 4) is 5.75 Å². The molecule has 1 N–H and O–H groups in total. The number of fused-ring (bicyclic) bond motifs is 1. The fourth-order valence-corrected chi connectivity index (χ4v) is 2.08. The highest BCUT2D eigenvalue weighted by Gasteiger charge is 2.14. The van der Waals surface area contributed by atoms with Crippen molar-refractivity contribution < 1.29 is 9.53 Å². The van der Waals surface area contributed by atoms with Gasteiger partial charge in [-0.3, -0.25) is 4.79 Å². The van der Waals surface area contributed by atoms with Crippen molar-refractivity contribution in [3.05, 3.63) is 23.8 Å². The maximum atomic E-state index is 11.2. The highest BCUT2D eigenvalue weighted by Crippen LogP contribution is 2.26. The molecule has 1 aliphatic rings. The zero-order chi connectivity index (χ0) is 12.1. The Hall–Kier alpha value is -1.16. The van der Waals surface area contributed by atoms with Crippen LogP contribution in [0.3, 0.4) is 0 Å². The molecule has 1 heterocycles. The van der Waals surface area contributed by atoms with Crippen LogP contribution in [0.4, 0.5) is 5.69 Å². The SMILES string of the molecule is O=C1CCc2cc(OCCCCS)ccc2N1. The molecule has 1 aromatic carbocycles. The second-order valence-electron chi connectivity index (χ2n) is 4.15. The van der Waals surface area contributed by atoms with E-state index in [0.29, 0.717) is 6.42 Å². The van der Waals surface area contributed by atoms with E-state index < -0.39 is 0 Å². The van der Waals surface area contributed by atoms with Gasteiger partial charge in [0.15, 0.2) is 0 Å². The van der Waals surface area contributed by atoms with E-state index in [1.807, 2.05) is 18.2 Å². The van der Waals surface area contributed by atoms with Crippen molar-refractivity contribution in [1.29, 1.82) is 0 Å². The summed E-state index contributed by atoms with van der Waals surface area (Å²) in [6.45, 7) is 0.728. The van der Waals surface area contributed by atoms with E-state index in [2.05, 4.69) is 17.9 Å². The summed E-state index contributed by atoms with van der Waals surface area (Å²) in [5.41, 5.74) is 2.08. The Bertz CT molecular complexity index is 406. The smallest absolute Gasteiger partial charge is 0.224 e. The number of anilines is 1. The number of amides is 1. The van der Waals surface area contributed by atoms with Gasteiger partial charge in [0, 0.05) is 12.1 Å². The second-order valence-corrected chi connectivity index (χ2v) is 4.59. The van der Waals surface area contributed by atoms with E-state index in [1.165, 1.54) is 0 Å². The number of unbranched alkanes of at least 4 members (excludes halogenated alkanes) is 1. The number of ether oxygens (including phenoxy) is 1. The Kier molecular flexibility index (Phi) is 4.31. The number of nitrogens with one attached hydrogen (secondary N) is 1. The molecule has 0 aromatic heterocycles. The third-order valence-corrected chi connectivity index (χ3v) is 3.11. The van der Waals surface area contributed by atoms with E-state index in [1.54, 1.807) is 0 Å². The van der Waals surface area contributed by atoms with Gasteiger partial charge in [-0.2, -0.15) is 12.6 Å². The topological polar surface area (TPSA) is 38.3 Å². The quantitative estimate of drug-likeness (QED) is 0.623. The van der Waals surface area contributed by atoms with Crippen molar-refractivity contribution in [3.63, 3.8) is 0 Å². The Morgan fingerprint density at radius 2 is 2.18 bits per heavy atom. The Labute approximate surface area is 107 Å². The fourth-order valence-electron chi connectivity index (χ4n) is 1.85. The number of thiol groups is 1. The second kappa shape index (κ2) is 5.96. The molecule has 17 heavy (non-hydrogen) atoms. The van der Waals surface area contributed by atoms with Gasteiger partial charge in [-0.15, -0.1) is 0 Å². The molecule has 1 amide bonds. The number of rotatable bonds is 5. The molecule has 0 atom stereocenters. The van der Waals surface area contributed by atoms with Crippen LogP contribution in [0.2, 0.25) is 0 Å². The van der Waals surface area contributed by atoms with Crippen LogP contribution in [0, 0.1) is 0 Å². The first-order valence-electron chi connectivity index (χ1n) is 5.96. The van der Waals surface area contributed by atoms with Crippen molar-refractivity contribution in [1.82, 2.24) is 0 Å². The molecule has 0 saturated heterocycles. The van der Waals surface area contributed by atoms with Crippen LogP contribution in [-0.2, 0) is 11.2 Å². The molecule has 0 bridgehead atoms. The first-order chi connectivity index (χ1) is 8.29. The summed E-state index contributed by atoms with van der Waals surface area (Å²) in [5, 5.41) is 2.86. The van der Waals surface area contributed by atoms with Gasteiger partial charge in [0.2, 0.25) is 5.91 Å². The van der Waals surface area contributed by atoms with Crippen LogP contribution < -0.4 is 10.1 Å². The van der Waals surface area contributed by atoms with Crippen LogP contribution in [0.15, 0.2) is 18.2 Å². The lowest BCUT2D eigenvalue weighted by Crippen LogP contribution is -2.18. The average molecular weight is 251 g/mol. The van der Waals surface area contributed by atoms with Gasteiger partial charge in [-0.05, 0) is 48.8 Å². The van der Waals surface area contributed by atoms with Crippen LogP contribution in [0.1, 0.15) is 24.8 Å². The number of carbonyl (C=O) groups is 1. The van der Waals surface area contributed by atoms with E-state index in [-0.39, 0.29) is 5.91 Å². The summed E-state index contributed by atoms with van der Waals surface area (Å²) >= 11 is 4.16. The molecular weight excluding hydrogens is 234 g/mol. The summed E-state index contributed by atoms with van der Waals surface area (Å²) < 4.78 is 5.65. The summed E-state index contributed by atoms with van der Waals surface area (Å²) in [6, 6.07) is 5.85. The highest BCUT2D eigenvalue weighted by molar-refractivity contribution is 7.80. The van der Waals surface area contributed by atoms with E-state index in [0.717, 1.165) is 48.6 Å². The zero-order valence-corrected chi connectivity index (χ0v) is 10.6. The lowest BCUT2D eigenvalue weighted by molar-refractivity contribution is -0.116. The normalized spacial score (nSPS) is 14.1. The molecule has 0 unspecified atom stereocenters. The minimum atomic E-state index is 0.0972. The maximum Gasteiger partial charge on any atom is 0.224 e. The molecule has 0 spiro atoms. The lowest BCUT2D eigenvalue weighted by atomic mass is 10.0. The van der Waals surface area contributed by atoms with Crippen molar-refractivity contribution in [2.75, 3.05) is 17.7 Å². The van der Waals surface area contributed by atoms with Crippen LogP contribution in [0.5, 0.6) is 5.75 Å². The summed E-state index contributed by atoms with van der Waals surface area (Å²) in [4.78, 5) is 11.2.